The van der Waals surface area contributed by atoms with Crippen LogP contribution in [0.2, 0.25) is 0 Å². The van der Waals surface area contributed by atoms with E-state index in [0.29, 0.717) is 5.69 Å². The molecule has 5 nitrogen and oxygen atoms in total. The second-order valence-corrected chi connectivity index (χ2v) is 8.47. The van der Waals surface area contributed by atoms with E-state index in [1.165, 1.54) is 11.5 Å². The van der Waals surface area contributed by atoms with Crippen LogP contribution in [0.1, 0.15) is 26.3 Å². The summed E-state index contributed by atoms with van der Waals surface area (Å²) in [4.78, 5) is 4.95. The highest BCUT2D eigenvalue weighted by Crippen LogP contribution is 2.14. The molecule has 1 saturated heterocycles. The summed E-state index contributed by atoms with van der Waals surface area (Å²) in [7, 11) is -3.20. The fraction of sp³-hybridized carbons (Fsp3) is 0.588. The van der Waals surface area contributed by atoms with Crippen molar-refractivity contribution >= 4 is 15.7 Å². The molecule has 0 amide bonds. The summed E-state index contributed by atoms with van der Waals surface area (Å²) in [6.45, 7) is 12.4. The average Bonchev–Trinajstić information content (AvgIpc) is 2.50. The Morgan fingerprint density at radius 3 is 2.13 bits per heavy atom. The number of hydrogen-bond acceptors (Lipinski definition) is 4. The van der Waals surface area contributed by atoms with E-state index in [2.05, 4.69) is 28.4 Å². The van der Waals surface area contributed by atoms with Crippen LogP contribution in [0.3, 0.4) is 0 Å². The van der Waals surface area contributed by atoms with Gasteiger partial charge in [-0.1, -0.05) is 26.0 Å². The lowest BCUT2D eigenvalue weighted by atomic mass is 10.1. The van der Waals surface area contributed by atoms with E-state index in [0.717, 1.165) is 39.3 Å². The second-order valence-electron chi connectivity index (χ2n) is 6.46. The van der Waals surface area contributed by atoms with Gasteiger partial charge >= 0.3 is 0 Å². The van der Waals surface area contributed by atoms with Crippen LogP contribution in [-0.2, 0) is 16.6 Å². The van der Waals surface area contributed by atoms with Crippen LogP contribution in [0.15, 0.2) is 24.3 Å². The molecule has 1 aliphatic heterocycles. The predicted molar refractivity (Wildman–Crippen MR) is 95.8 cm³/mol. The van der Waals surface area contributed by atoms with Crippen LogP contribution < -0.4 is 4.72 Å². The Kier molecular flexibility index (Phi) is 6.44. The molecule has 0 spiro atoms. The monoisotopic (exact) mass is 338 g/mol. The number of nitrogens with zero attached hydrogens (tertiary/aromatic N) is 2. The molecule has 129 valence electrons. The van der Waals surface area contributed by atoms with Crippen LogP contribution in [0.25, 0.3) is 0 Å². The van der Waals surface area contributed by atoms with Crippen LogP contribution in [0.5, 0.6) is 0 Å². The Hall–Kier alpha value is -1.11. The van der Waals surface area contributed by atoms with Crippen molar-refractivity contribution in [2.75, 3.05) is 43.2 Å². The van der Waals surface area contributed by atoms with Gasteiger partial charge in [-0.15, -0.1) is 0 Å². The van der Waals surface area contributed by atoms with E-state index in [1.807, 2.05) is 24.3 Å². The number of anilines is 1. The van der Waals surface area contributed by atoms with E-state index in [1.54, 1.807) is 6.92 Å². The third kappa shape index (κ3) is 6.12. The number of benzene rings is 1. The van der Waals surface area contributed by atoms with Gasteiger partial charge < -0.3 is 4.90 Å². The lowest BCUT2D eigenvalue weighted by molar-refractivity contribution is 0.131. The first-order valence-corrected chi connectivity index (χ1v) is 9.86. The largest absolute Gasteiger partial charge is 0.300 e. The van der Waals surface area contributed by atoms with Gasteiger partial charge in [0.25, 0.3) is 0 Å². The van der Waals surface area contributed by atoms with Crippen molar-refractivity contribution in [1.82, 2.24) is 9.80 Å². The van der Waals surface area contributed by atoms with E-state index in [4.69, 9.17) is 0 Å². The predicted octanol–water partition coefficient (Wildman–Crippen LogP) is 2.18. The molecule has 6 heteroatoms. The van der Waals surface area contributed by atoms with Gasteiger partial charge in [-0.25, -0.2) is 8.42 Å². The van der Waals surface area contributed by atoms with Crippen LogP contribution in [-0.4, -0.2) is 56.7 Å². The normalized spacial score (nSPS) is 17.6. The molecule has 1 radical (unpaired) electrons. The minimum atomic E-state index is -3.20. The lowest BCUT2D eigenvalue weighted by Gasteiger charge is -2.35. The van der Waals surface area contributed by atoms with Gasteiger partial charge in [0.1, 0.15) is 0 Å². The number of piperazine rings is 1. The molecule has 0 atom stereocenters. The summed E-state index contributed by atoms with van der Waals surface area (Å²) < 4.78 is 25.7. The van der Waals surface area contributed by atoms with Gasteiger partial charge in [-0.3, -0.25) is 9.62 Å². The van der Waals surface area contributed by atoms with Crippen molar-refractivity contribution < 1.29 is 8.42 Å². The Labute approximate surface area is 140 Å². The maximum Gasteiger partial charge on any atom is 0.232 e. The maximum absolute atomic E-state index is 11.6. The quantitative estimate of drug-likeness (QED) is 0.828. The molecule has 1 N–H and O–H groups in total. The van der Waals surface area contributed by atoms with E-state index in [-0.39, 0.29) is 5.75 Å². The second kappa shape index (κ2) is 8.13. The third-order valence-electron chi connectivity index (χ3n) is 4.02. The molecule has 1 aromatic carbocycles. The molecule has 2 rings (SSSR count). The Morgan fingerprint density at radius 1 is 1.04 bits per heavy atom. The standard InChI is InChI=1S/C17H28N3O2S/c1-4-23(21,22)18-17-7-5-16(6-8-17)14-20-11-9-19(10-12-20)13-15(2)3/h5-8,18H,4,9-14H2,1-3H3. The molecule has 0 bridgehead atoms. The summed E-state index contributed by atoms with van der Waals surface area (Å²) in [5.41, 5.74) is 1.85. The zero-order chi connectivity index (χ0) is 16.9. The number of sulfonamides is 1. The van der Waals surface area contributed by atoms with Crippen molar-refractivity contribution in [1.29, 1.82) is 0 Å². The van der Waals surface area contributed by atoms with Crippen molar-refractivity contribution in [2.24, 2.45) is 0 Å². The Morgan fingerprint density at radius 2 is 1.61 bits per heavy atom. The Bertz CT molecular complexity index is 576. The van der Waals surface area contributed by atoms with Crippen LogP contribution in [0, 0.1) is 5.92 Å². The highest BCUT2D eigenvalue weighted by molar-refractivity contribution is 7.92. The summed E-state index contributed by atoms with van der Waals surface area (Å²) in [5.74, 6) is 1.55. The molecule has 0 unspecified atom stereocenters. The Balaban J connectivity index is 1.83. The highest BCUT2D eigenvalue weighted by atomic mass is 32.2. The molecule has 1 aliphatic rings. The fourth-order valence-corrected chi connectivity index (χ4v) is 3.38. The fourth-order valence-electron chi connectivity index (χ4n) is 2.74. The summed E-state index contributed by atoms with van der Waals surface area (Å²) >= 11 is 0. The van der Waals surface area contributed by atoms with Crippen LogP contribution >= 0.6 is 0 Å². The minimum absolute atomic E-state index is 0.0910. The van der Waals surface area contributed by atoms with E-state index in [9.17, 15) is 8.42 Å². The van der Waals surface area contributed by atoms with Gasteiger partial charge in [0.05, 0.1) is 5.75 Å². The first-order chi connectivity index (χ1) is 10.9. The molecule has 0 aromatic heterocycles. The number of nitrogens with one attached hydrogen (secondary N) is 1. The number of hydrogen-bond donors (Lipinski definition) is 1. The van der Waals surface area contributed by atoms with Crippen molar-refractivity contribution in [3.05, 3.63) is 35.7 Å². The first-order valence-electron chi connectivity index (χ1n) is 8.21. The number of rotatable bonds is 7. The summed E-state index contributed by atoms with van der Waals surface area (Å²) in [5, 5.41) is 0. The first kappa shape index (κ1) is 18.2. The van der Waals surface area contributed by atoms with E-state index >= 15 is 0 Å². The van der Waals surface area contributed by atoms with Gasteiger partial charge in [-0.05, 0) is 30.5 Å². The lowest BCUT2D eigenvalue weighted by Crippen LogP contribution is -2.46. The SMILES string of the molecule is CCS(=O)(=O)Nc1ccc(CN2CCN(C[C](C)C)CC2)cc1. The zero-order valence-corrected chi connectivity index (χ0v) is 15.2. The molecule has 0 aliphatic carbocycles. The van der Waals surface area contributed by atoms with Crippen molar-refractivity contribution in [3.8, 4) is 0 Å². The third-order valence-corrected chi connectivity index (χ3v) is 5.33. The minimum Gasteiger partial charge on any atom is -0.300 e. The van der Waals surface area contributed by atoms with Gasteiger partial charge in [0.2, 0.25) is 10.0 Å². The van der Waals surface area contributed by atoms with Crippen molar-refractivity contribution in [2.45, 2.75) is 27.3 Å². The summed E-state index contributed by atoms with van der Waals surface area (Å²) in [6.07, 6.45) is 0. The topological polar surface area (TPSA) is 52.7 Å². The van der Waals surface area contributed by atoms with E-state index < -0.39 is 10.0 Å². The zero-order valence-electron chi connectivity index (χ0n) is 14.4. The molecule has 1 fully saturated rings. The van der Waals surface area contributed by atoms with Gasteiger partial charge in [-0.2, -0.15) is 0 Å². The smallest absolute Gasteiger partial charge is 0.232 e. The summed E-state index contributed by atoms with van der Waals surface area (Å²) in [6, 6.07) is 7.69. The average molecular weight is 338 g/mol. The molecule has 1 aromatic rings. The van der Waals surface area contributed by atoms with Crippen LogP contribution in [0.4, 0.5) is 5.69 Å². The maximum atomic E-state index is 11.6. The molecular formula is C17H28N3O2S. The van der Waals surface area contributed by atoms with Crippen molar-refractivity contribution in [3.63, 3.8) is 0 Å². The molecule has 0 saturated carbocycles. The highest BCUT2D eigenvalue weighted by Gasteiger charge is 2.17. The van der Waals surface area contributed by atoms with Gasteiger partial charge in [0.15, 0.2) is 0 Å². The molecule has 23 heavy (non-hydrogen) atoms. The van der Waals surface area contributed by atoms with Gasteiger partial charge in [0, 0.05) is 45.0 Å². The molecule has 1 heterocycles. The molecular weight excluding hydrogens is 310 g/mol.